The molecule has 0 aliphatic rings. The summed E-state index contributed by atoms with van der Waals surface area (Å²) in [7, 11) is 3.72. The fourth-order valence-electron chi connectivity index (χ4n) is 2.20. The molecule has 1 N–H and O–H groups in total. The maximum atomic E-state index is 5.44. The van der Waals surface area contributed by atoms with Crippen molar-refractivity contribution < 1.29 is 4.74 Å². The number of rotatable bonds is 6. The topological polar surface area (TPSA) is 34.2 Å². The van der Waals surface area contributed by atoms with Crippen LogP contribution in [-0.4, -0.2) is 25.7 Å². The molecule has 0 fully saturated rings. The smallest absolute Gasteiger partial charge is 0.128 e. The number of aromatic nitrogens is 1. The highest BCUT2D eigenvalue weighted by molar-refractivity contribution is 5.41. The highest BCUT2D eigenvalue weighted by atomic mass is 16.5. The Hall–Kier alpha value is -1.09. The van der Waals surface area contributed by atoms with Crippen molar-refractivity contribution in [1.82, 2.24) is 10.3 Å². The number of aryl methyl sites for hydroxylation is 1. The molecule has 1 aromatic heterocycles. The minimum Gasteiger partial charge on any atom is -0.496 e. The normalized spacial score (nSPS) is 12.5. The Morgan fingerprint density at radius 3 is 2.65 bits per heavy atom. The minimum absolute atomic E-state index is 0.638. The molecule has 96 valence electrons. The van der Waals surface area contributed by atoms with Crippen molar-refractivity contribution in [3.63, 3.8) is 0 Å². The van der Waals surface area contributed by atoms with Gasteiger partial charge in [0.15, 0.2) is 0 Å². The Balaban J connectivity index is 2.91. The summed E-state index contributed by atoms with van der Waals surface area (Å²) >= 11 is 0. The summed E-state index contributed by atoms with van der Waals surface area (Å²) in [5, 5.41) is 3.24. The van der Waals surface area contributed by atoms with E-state index >= 15 is 0 Å². The van der Waals surface area contributed by atoms with Gasteiger partial charge in [0, 0.05) is 23.0 Å². The van der Waals surface area contributed by atoms with Crippen LogP contribution in [0.5, 0.6) is 5.75 Å². The monoisotopic (exact) mass is 236 g/mol. The number of hydrogen-bond donors (Lipinski definition) is 1. The summed E-state index contributed by atoms with van der Waals surface area (Å²) < 4.78 is 5.44. The number of hydrogen-bond acceptors (Lipinski definition) is 3. The molecule has 1 aromatic rings. The predicted molar refractivity (Wildman–Crippen MR) is 71.7 cm³/mol. The molecule has 0 spiro atoms. The molecule has 1 atom stereocenters. The SMILES string of the molecule is CCC(CNC)Cc1ncc(C)c(OC)c1C. The maximum absolute atomic E-state index is 5.44. The third-order valence-corrected chi connectivity index (χ3v) is 3.30. The Morgan fingerprint density at radius 2 is 2.12 bits per heavy atom. The highest BCUT2D eigenvalue weighted by Crippen LogP contribution is 2.25. The van der Waals surface area contributed by atoms with E-state index in [0.717, 1.165) is 36.4 Å². The summed E-state index contributed by atoms with van der Waals surface area (Å²) in [5.41, 5.74) is 3.45. The zero-order valence-electron chi connectivity index (χ0n) is 11.6. The van der Waals surface area contributed by atoms with E-state index in [9.17, 15) is 0 Å². The van der Waals surface area contributed by atoms with Gasteiger partial charge in [0.05, 0.1) is 7.11 Å². The van der Waals surface area contributed by atoms with Crippen LogP contribution in [0.3, 0.4) is 0 Å². The third kappa shape index (κ3) is 3.43. The molecule has 3 heteroatoms. The average molecular weight is 236 g/mol. The van der Waals surface area contributed by atoms with Crippen molar-refractivity contribution in [1.29, 1.82) is 0 Å². The van der Waals surface area contributed by atoms with E-state index in [1.807, 2.05) is 20.2 Å². The molecule has 17 heavy (non-hydrogen) atoms. The van der Waals surface area contributed by atoms with Crippen molar-refractivity contribution in [2.24, 2.45) is 5.92 Å². The van der Waals surface area contributed by atoms with Crippen LogP contribution in [0, 0.1) is 19.8 Å². The fourth-order valence-corrected chi connectivity index (χ4v) is 2.20. The molecule has 1 rings (SSSR count). The average Bonchev–Trinajstić information content (AvgIpc) is 2.32. The van der Waals surface area contributed by atoms with E-state index in [-0.39, 0.29) is 0 Å². The van der Waals surface area contributed by atoms with Gasteiger partial charge < -0.3 is 10.1 Å². The quantitative estimate of drug-likeness (QED) is 0.824. The molecule has 0 amide bonds. The van der Waals surface area contributed by atoms with Gasteiger partial charge in [-0.25, -0.2) is 0 Å². The van der Waals surface area contributed by atoms with E-state index in [1.165, 1.54) is 5.56 Å². The van der Waals surface area contributed by atoms with Gasteiger partial charge in [-0.1, -0.05) is 13.3 Å². The number of nitrogens with one attached hydrogen (secondary N) is 1. The second kappa shape index (κ2) is 6.60. The zero-order chi connectivity index (χ0) is 12.8. The van der Waals surface area contributed by atoms with E-state index < -0.39 is 0 Å². The van der Waals surface area contributed by atoms with Crippen molar-refractivity contribution in [3.8, 4) is 5.75 Å². The van der Waals surface area contributed by atoms with Crippen LogP contribution in [0.25, 0.3) is 0 Å². The van der Waals surface area contributed by atoms with Crippen molar-refractivity contribution >= 4 is 0 Å². The number of ether oxygens (including phenoxy) is 1. The summed E-state index contributed by atoms with van der Waals surface area (Å²) in [6, 6.07) is 0. The van der Waals surface area contributed by atoms with Gasteiger partial charge in [-0.15, -0.1) is 0 Å². The van der Waals surface area contributed by atoms with Gasteiger partial charge >= 0.3 is 0 Å². The van der Waals surface area contributed by atoms with Gasteiger partial charge in [0.1, 0.15) is 5.75 Å². The molecule has 0 saturated carbocycles. The molecule has 0 saturated heterocycles. The number of nitrogens with zero attached hydrogens (tertiary/aromatic N) is 1. The van der Waals surface area contributed by atoms with Gasteiger partial charge in [-0.05, 0) is 39.8 Å². The maximum Gasteiger partial charge on any atom is 0.128 e. The van der Waals surface area contributed by atoms with Crippen LogP contribution in [0.4, 0.5) is 0 Å². The number of methoxy groups -OCH3 is 1. The van der Waals surface area contributed by atoms with Crippen LogP contribution >= 0.6 is 0 Å². The van der Waals surface area contributed by atoms with Gasteiger partial charge in [-0.2, -0.15) is 0 Å². The van der Waals surface area contributed by atoms with Crippen molar-refractivity contribution in [2.75, 3.05) is 20.7 Å². The summed E-state index contributed by atoms with van der Waals surface area (Å²) in [4.78, 5) is 4.55. The lowest BCUT2D eigenvalue weighted by Gasteiger charge is -2.17. The molecule has 1 heterocycles. The first-order valence-corrected chi connectivity index (χ1v) is 6.27. The summed E-state index contributed by atoms with van der Waals surface area (Å²) in [6.45, 7) is 7.39. The molecule has 0 aromatic carbocycles. The Labute approximate surface area is 105 Å². The van der Waals surface area contributed by atoms with Gasteiger partial charge in [0.25, 0.3) is 0 Å². The minimum atomic E-state index is 0.638. The van der Waals surface area contributed by atoms with E-state index in [0.29, 0.717) is 5.92 Å². The second-order valence-electron chi connectivity index (χ2n) is 4.58. The highest BCUT2D eigenvalue weighted by Gasteiger charge is 2.13. The lowest BCUT2D eigenvalue weighted by Crippen LogP contribution is -2.21. The largest absolute Gasteiger partial charge is 0.496 e. The van der Waals surface area contributed by atoms with Crippen LogP contribution in [0.2, 0.25) is 0 Å². The fraction of sp³-hybridized carbons (Fsp3) is 0.643. The molecule has 3 nitrogen and oxygen atoms in total. The lowest BCUT2D eigenvalue weighted by molar-refractivity contribution is 0.405. The first-order valence-electron chi connectivity index (χ1n) is 6.27. The predicted octanol–water partition coefficient (Wildman–Crippen LogP) is 2.50. The van der Waals surface area contributed by atoms with E-state index in [1.54, 1.807) is 7.11 Å². The number of pyridine rings is 1. The van der Waals surface area contributed by atoms with Gasteiger partial charge in [-0.3, -0.25) is 4.98 Å². The summed E-state index contributed by atoms with van der Waals surface area (Å²) in [6.07, 6.45) is 4.09. The molecule has 1 unspecified atom stereocenters. The summed E-state index contributed by atoms with van der Waals surface area (Å²) in [5.74, 6) is 1.62. The second-order valence-corrected chi connectivity index (χ2v) is 4.58. The Bertz CT molecular complexity index is 363. The molecule has 0 radical (unpaired) electrons. The molecule has 0 aliphatic heterocycles. The van der Waals surface area contributed by atoms with Crippen LogP contribution in [0.15, 0.2) is 6.20 Å². The zero-order valence-corrected chi connectivity index (χ0v) is 11.6. The van der Waals surface area contributed by atoms with E-state index in [2.05, 4.69) is 24.1 Å². The molecular weight excluding hydrogens is 212 g/mol. The first kappa shape index (κ1) is 14.0. The van der Waals surface area contributed by atoms with Crippen LogP contribution in [0.1, 0.15) is 30.2 Å². The lowest BCUT2D eigenvalue weighted by atomic mass is 9.97. The van der Waals surface area contributed by atoms with Gasteiger partial charge in [0.2, 0.25) is 0 Å². The first-order chi connectivity index (χ1) is 8.13. The standard InChI is InChI=1S/C14H24N2O/c1-6-12(9-15-4)7-13-11(3)14(17-5)10(2)8-16-13/h8,12,15H,6-7,9H2,1-5H3. The van der Waals surface area contributed by atoms with E-state index in [4.69, 9.17) is 4.74 Å². The Kier molecular flexibility index (Phi) is 5.42. The molecule has 0 bridgehead atoms. The van der Waals surface area contributed by atoms with Crippen LogP contribution in [-0.2, 0) is 6.42 Å². The Morgan fingerprint density at radius 1 is 1.41 bits per heavy atom. The van der Waals surface area contributed by atoms with Crippen molar-refractivity contribution in [3.05, 3.63) is 23.0 Å². The van der Waals surface area contributed by atoms with Crippen molar-refractivity contribution in [2.45, 2.75) is 33.6 Å². The third-order valence-electron chi connectivity index (χ3n) is 3.30. The van der Waals surface area contributed by atoms with Crippen LogP contribution < -0.4 is 10.1 Å². The molecule has 0 aliphatic carbocycles. The molecular formula is C14H24N2O.